The predicted octanol–water partition coefficient (Wildman–Crippen LogP) is -0.280. The fraction of sp³-hybridized carbons (Fsp3) is 0.455. The SMILES string of the molecule is CCS(=O)(=O)C1N=C(c2ccc(F)cc2)C(/C=C/[C@@H](O)C[C@@H](O)CC(=O)[O-])=C(C(C)C)N1N.CCS(=O)(=O)C1N=C(c2ccc(F)cc2)C(/C=C/[C@@H](O)C[C@@H](O)CC(=O)[O-])=C(C(C)C)N1N.[Ca+2].[Ca+2]. The Labute approximate surface area is 455 Å². The summed E-state index contributed by atoms with van der Waals surface area (Å²) in [5.41, 5.74) is 0.330. The molecule has 0 aliphatic carbocycles. The molecule has 0 saturated heterocycles. The van der Waals surface area contributed by atoms with E-state index in [0.29, 0.717) is 33.7 Å². The Balaban J connectivity index is 0.000000661. The van der Waals surface area contributed by atoms with Crippen LogP contribution >= 0.6 is 0 Å². The Morgan fingerprint density at radius 3 is 1.19 bits per heavy atom. The molecule has 8 N–H and O–H groups in total. The van der Waals surface area contributed by atoms with Crippen LogP contribution in [0.5, 0.6) is 0 Å². The van der Waals surface area contributed by atoms with Gasteiger partial charge >= 0.3 is 75.5 Å². The van der Waals surface area contributed by atoms with Crippen molar-refractivity contribution >= 4 is 119 Å². The topological polar surface area (TPSA) is 313 Å². The van der Waals surface area contributed by atoms with Gasteiger partial charge in [0.2, 0.25) is 11.0 Å². The van der Waals surface area contributed by atoms with Crippen LogP contribution in [0, 0.1) is 23.5 Å². The van der Waals surface area contributed by atoms with Crippen LogP contribution < -0.4 is 21.9 Å². The predicted molar refractivity (Wildman–Crippen MR) is 250 cm³/mol. The summed E-state index contributed by atoms with van der Waals surface area (Å²) < 4.78 is 77.8. The average molecular weight is 1050 g/mol. The van der Waals surface area contributed by atoms with Crippen molar-refractivity contribution in [2.45, 2.75) is 103 Å². The minimum atomic E-state index is -3.73. The van der Waals surface area contributed by atoms with Gasteiger partial charge in [-0.1, -0.05) is 65.8 Å². The Bertz CT molecular complexity index is 2280. The molecule has 18 nitrogen and oxygen atoms in total. The largest absolute Gasteiger partial charge is 2.00 e. The number of halogens is 2. The van der Waals surface area contributed by atoms with Crippen molar-refractivity contribution < 1.29 is 65.8 Å². The van der Waals surface area contributed by atoms with E-state index in [1.807, 2.05) is 27.7 Å². The molecular weight excluding hydrogens is 987 g/mol. The molecule has 364 valence electrons. The molecule has 2 aliphatic rings. The van der Waals surface area contributed by atoms with Crippen LogP contribution in [0.1, 0.15) is 78.4 Å². The zero-order valence-electron chi connectivity index (χ0n) is 38.8. The average Bonchev–Trinajstić information content (AvgIpc) is 3.21. The minimum Gasteiger partial charge on any atom is -0.550 e. The Morgan fingerprint density at radius 1 is 0.647 bits per heavy atom. The van der Waals surface area contributed by atoms with Gasteiger partial charge in [-0.05, 0) is 60.4 Å². The Morgan fingerprint density at radius 2 is 0.941 bits per heavy atom. The number of aliphatic imine (C=N–C) groups is 2. The number of nitrogens with zero attached hydrogens (tertiary/aromatic N) is 4. The van der Waals surface area contributed by atoms with E-state index in [9.17, 15) is 65.8 Å². The molecule has 0 saturated carbocycles. The van der Waals surface area contributed by atoms with E-state index in [4.69, 9.17) is 11.7 Å². The molecule has 0 fully saturated rings. The fourth-order valence-corrected chi connectivity index (χ4v) is 9.00. The summed E-state index contributed by atoms with van der Waals surface area (Å²) in [6, 6.07) is 10.7. The summed E-state index contributed by atoms with van der Waals surface area (Å²) in [5.74, 6) is 7.67. The zero-order valence-corrected chi connectivity index (χ0v) is 44.8. The number of carboxylic acid groups (broad SMARTS) is 2. The molecule has 2 aliphatic heterocycles. The molecule has 2 unspecified atom stereocenters. The Hall–Kier alpha value is -2.68. The second-order valence-electron chi connectivity index (χ2n) is 16.0. The summed E-state index contributed by atoms with van der Waals surface area (Å²) in [4.78, 5) is 30.0. The van der Waals surface area contributed by atoms with Crippen LogP contribution in [0.2, 0.25) is 0 Å². The van der Waals surface area contributed by atoms with Gasteiger partial charge in [0.15, 0.2) is 19.7 Å². The number of hydrogen-bond donors (Lipinski definition) is 6. The third-order valence-corrected chi connectivity index (χ3v) is 13.7. The summed E-state index contributed by atoms with van der Waals surface area (Å²) >= 11 is 0. The standard InChI is InChI=1S/2C22H30FN3O6S.2Ca/c2*1-4-33(31,32)22-25-20(14-5-7-15(23)8-6-14)18(21(13(2)3)26(22)24)10-9-16(27)11-17(28)12-19(29)30;;/h2*5-10,13,16-17,22,27-28H,4,11-12,24H2,1-3H3,(H,29,30);;/q;;2*+2/p-2/b2*10-9+;;/t2*16-,17-,22?;;/m11../s1. The van der Waals surface area contributed by atoms with Crippen molar-refractivity contribution in [3.63, 3.8) is 0 Å². The molecule has 0 spiro atoms. The van der Waals surface area contributed by atoms with E-state index in [0.717, 1.165) is 10.0 Å². The van der Waals surface area contributed by atoms with Gasteiger partial charge in [-0.2, -0.15) is 0 Å². The number of sulfone groups is 2. The molecule has 0 amide bonds. The third kappa shape index (κ3) is 17.9. The first-order valence-electron chi connectivity index (χ1n) is 20.9. The third-order valence-electron chi connectivity index (χ3n) is 10.2. The molecule has 0 bridgehead atoms. The molecule has 68 heavy (non-hydrogen) atoms. The number of aliphatic hydroxyl groups excluding tert-OH is 4. The number of aliphatic hydroxyl groups is 4. The van der Waals surface area contributed by atoms with Crippen LogP contribution in [-0.4, -0.2) is 193 Å². The van der Waals surface area contributed by atoms with Crippen molar-refractivity contribution in [1.29, 1.82) is 0 Å². The van der Waals surface area contributed by atoms with Gasteiger partial charge in [0.1, 0.15) is 11.6 Å². The molecule has 0 radical (unpaired) electrons. The second kappa shape index (κ2) is 28.4. The number of allylic oxidation sites excluding steroid dienone is 6. The van der Waals surface area contributed by atoms with E-state index in [1.165, 1.54) is 86.7 Å². The molecule has 24 heteroatoms. The summed E-state index contributed by atoms with van der Waals surface area (Å²) in [5, 5.41) is 63.4. The molecule has 0 aromatic heterocycles. The summed E-state index contributed by atoms with van der Waals surface area (Å²) in [6.07, 6.45) is -1.16. The molecular formula is C44H58Ca2F2N6O12S2+2. The monoisotopic (exact) mass is 1040 g/mol. The Kier molecular flexibility index (Phi) is 26.4. The number of benzene rings is 2. The summed E-state index contributed by atoms with van der Waals surface area (Å²) in [6.45, 7) is 10.2. The summed E-state index contributed by atoms with van der Waals surface area (Å²) in [7, 11) is -7.46. The normalized spacial score (nSPS) is 18.6. The van der Waals surface area contributed by atoms with Crippen molar-refractivity contribution in [1.82, 2.24) is 10.0 Å². The molecule has 2 heterocycles. The molecule has 2 aromatic rings. The van der Waals surface area contributed by atoms with Gasteiger partial charge in [-0.15, -0.1) is 0 Å². The number of hydrogen-bond acceptors (Lipinski definition) is 18. The van der Waals surface area contributed by atoms with Crippen molar-refractivity contribution in [3.05, 3.63) is 118 Å². The molecule has 2 aromatic carbocycles. The maximum absolute atomic E-state index is 13.5. The maximum atomic E-state index is 13.5. The van der Waals surface area contributed by atoms with Crippen LogP contribution in [0.25, 0.3) is 0 Å². The fourth-order valence-electron chi connectivity index (χ4n) is 6.95. The van der Waals surface area contributed by atoms with Crippen LogP contribution in [-0.2, 0) is 29.3 Å². The number of hydrazine groups is 2. The van der Waals surface area contributed by atoms with Gasteiger partial charge in [0.05, 0.1) is 47.3 Å². The van der Waals surface area contributed by atoms with Crippen molar-refractivity contribution in [3.8, 4) is 0 Å². The first-order valence-corrected chi connectivity index (χ1v) is 24.3. The van der Waals surface area contributed by atoms with E-state index >= 15 is 0 Å². The van der Waals surface area contributed by atoms with Gasteiger partial charge in [0.25, 0.3) is 0 Å². The number of carbonyl (C=O) groups is 2. The zero-order chi connectivity index (χ0) is 49.8. The number of nitrogens with two attached hydrogens (primary N) is 2. The number of carboxylic acids is 2. The van der Waals surface area contributed by atoms with E-state index in [-0.39, 0.29) is 123 Å². The van der Waals surface area contributed by atoms with Gasteiger partial charge < -0.3 is 40.2 Å². The first kappa shape index (κ1) is 63.3. The quantitative estimate of drug-likeness (QED) is 0.0734. The van der Waals surface area contributed by atoms with Crippen LogP contribution in [0.4, 0.5) is 8.78 Å². The van der Waals surface area contributed by atoms with Gasteiger partial charge in [-0.25, -0.2) is 47.3 Å². The van der Waals surface area contributed by atoms with Crippen molar-refractivity contribution in [2.24, 2.45) is 33.5 Å². The maximum Gasteiger partial charge on any atom is 2.00 e. The second-order valence-corrected chi connectivity index (χ2v) is 20.7. The number of aliphatic carboxylic acids is 2. The minimum absolute atomic E-state index is 0. The van der Waals surface area contributed by atoms with E-state index in [2.05, 4.69) is 9.98 Å². The van der Waals surface area contributed by atoms with Crippen LogP contribution in [0.3, 0.4) is 0 Å². The molecule has 4 rings (SSSR count). The van der Waals surface area contributed by atoms with Gasteiger partial charge in [-0.3, -0.25) is 10.0 Å². The first-order chi connectivity index (χ1) is 30.7. The smallest absolute Gasteiger partial charge is 0.550 e. The number of carbonyl (C=O) groups excluding carboxylic acids is 2. The van der Waals surface area contributed by atoms with E-state index in [1.54, 1.807) is 0 Å². The number of rotatable bonds is 20. The molecule has 6 atom stereocenters. The van der Waals surface area contributed by atoms with Gasteiger partial charge in [0, 0.05) is 71.3 Å². The van der Waals surface area contributed by atoms with E-state index < -0.39 is 91.5 Å². The van der Waals surface area contributed by atoms with Crippen LogP contribution in [0.15, 0.2) is 105 Å². The van der Waals surface area contributed by atoms with Crippen molar-refractivity contribution in [2.75, 3.05) is 11.5 Å².